The Labute approximate surface area is 260 Å². The van der Waals surface area contributed by atoms with Gasteiger partial charge in [0.1, 0.15) is 17.9 Å². The van der Waals surface area contributed by atoms with Crippen LogP contribution in [0.15, 0.2) is 59.6 Å². The van der Waals surface area contributed by atoms with Crippen molar-refractivity contribution in [3.05, 3.63) is 70.3 Å². The molecule has 0 saturated heterocycles. The molecule has 0 radical (unpaired) electrons. The van der Waals surface area contributed by atoms with Gasteiger partial charge >= 0.3 is 5.97 Å². The Morgan fingerprint density at radius 2 is 1.77 bits per heavy atom. The summed E-state index contributed by atoms with van der Waals surface area (Å²) in [6.07, 6.45) is 1.58. The number of carbonyl (C=O) groups is 1. The molecule has 0 aliphatic carbocycles. The predicted octanol–water partition coefficient (Wildman–Crippen LogP) is 5.27. The van der Waals surface area contributed by atoms with E-state index in [1.165, 1.54) is 30.3 Å². The number of hydrogen-bond acceptors (Lipinski definition) is 8. The molecule has 0 spiro atoms. The van der Waals surface area contributed by atoms with E-state index in [9.17, 15) is 23.6 Å². The molecule has 0 fully saturated rings. The molecule has 1 atom stereocenters. The summed E-state index contributed by atoms with van der Waals surface area (Å²) < 4.78 is 30.8. The number of benzene rings is 2. The zero-order valence-electron chi connectivity index (χ0n) is 24.2. The number of rotatable bonds is 10. The van der Waals surface area contributed by atoms with Gasteiger partial charge in [0.2, 0.25) is 0 Å². The number of anilines is 2. The Morgan fingerprint density at radius 3 is 2.30 bits per heavy atom. The van der Waals surface area contributed by atoms with Gasteiger partial charge in [0.25, 0.3) is 10.0 Å². The third kappa shape index (κ3) is 6.86. The number of nitrogens with one attached hydrogen (secondary N) is 1. The van der Waals surface area contributed by atoms with Crippen LogP contribution in [0.1, 0.15) is 26.3 Å². The minimum Gasteiger partial charge on any atom is -0.480 e. The van der Waals surface area contributed by atoms with Gasteiger partial charge in [-0.2, -0.15) is 5.26 Å². The average Bonchev–Trinajstić information content (AvgIpc) is 3.28. The third-order valence-corrected chi connectivity index (χ3v) is 8.81. The first-order chi connectivity index (χ1) is 20.1. The molecule has 1 unspecified atom stereocenters. The molecule has 0 saturated carbocycles. The van der Waals surface area contributed by atoms with Crippen LogP contribution in [0.25, 0.3) is 16.7 Å². The molecule has 4 aromatic rings. The summed E-state index contributed by atoms with van der Waals surface area (Å²) in [5, 5.41) is 32.5. The van der Waals surface area contributed by atoms with Crippen LogP contribution in [0, 0.1) is 16.7 Å². The standard InChI is InChI=1S/C29H31Cl2N7O4S/c1-29(2,3)27(28(39)40)38(43(41,42)22-13-19(30)12-20(31)14-22)21-6-7-24-23(15-21)18(16-32)17-37(24)26-9-8-25(34-35-26)33-10-11-36(4)5/h6-9,12-15,17,27H,10-11H2,1-5H3,(H,33,34)(H,39,40). The van der Waals surface area contributed by atoms with Crippen LogP contribution in [-0.4, -0.2) is 72.4 Å². The fourth-order valence-electron chi connectivity index (χ4n) is 4.63. The lowest BCUT2D eigenvalue weighted by Crippen LogP contribution is -2.52. The van der Waals surface area contributed by atoms with Gasteiger partial charge in [0.05, 0.1) is 21.7 Å². The van der Waals surface area contributed by atoms with Crippen molar-refractivity contribution in [1.29, 1.82) is 5.26 Å². The van der Waals surface area contributed by atoms with Gasteiger partial charge in [0.15, 0.2) is 5.82 Å². The second kappa shape index (κ2) is 12.4. The Bertz CT molecular complexity index is 1790. The lowest BCUT2D eigenvalue weighted by atomic mass is 9.86. The quantitative estimate of drug-likeness (QED) is 0.236. The summed E-state index contributed by atoms with van der Waals surface area (Å²) in [4.78, 5) is 14.4. The smallest absolute Gasteiger partial charge is 0.328 e. The van der Waals surface area contributed by atoms with E-state index in [0.717, 1.165) is 10.8 Å². The SMILES string of the molecule is CN(C)CCNc1ccc(-n2cc(C#N)c3cc(N(C(C(=O)O)C(C)(C)C)S(=O)(=O)c4cc(Cl)cc(Cl)c4)ccc32)nn1. The highest BCUT2D eigenvalue weighted by molar-refractivity contribution is 7.93. The highest BCUT2D eigenvalue weighted by Gasteiger charge is 2.43. The Balaban J connectivity index is 1.86. The zero-order chi connectivity index (χ0) is 31.7. The monoisotopic (exact) mass is 643 g/mol. The van der Waals surface area contributed by atoms with E-state index in [-0.39, 0.29) is 26.2 Å². The van der Waals surface area contributed by atoms with E-state index in [0.29, 0.717) is 29.1 Å². The predicted molar refractivity (Wildman–Crippen MR) is 168 cm³/mol. The first-order valence-corrected chi connectivity index (χ1v) is 15.3. The second-order valence-electron chi connectivity index (χ2n) is 11.2. The summed E-state index contributed by atoms with van der Waals surface area (Å²) >= 11 is 12.3. The Kier molecular flexibility index (Phi) is 9.22. The largest absolute Gasteiger partial charge is 0.480 e. The van der Waals surface area contributed by atoms with Crippen molar-refractivity contribution in [2.45, 2.75) is 31.7 Å². The lowest BCUT2D eigenvalue weighted by Gasteiger charge is -2.37. The molecule has 14 heteroatoms. The van der Waals surface area contributed by atoms with Crippen molar-refractivity contribution in [3.8, 4) is 11.9 Å². The van der Waals surface area contributed by atoms with Crippen LogP contribution in [0.3, 0.4) is 0 Å². The molecular weight excluding hydrogens is 613 g/mol. The number of hydrogen-bond donors (Lipinski definition) is 2. The molecular formula is C29H31Cl2N7O4S. The van der Waals surface area contributed by atoms with Crippen LogP contribution < -0.4 is 9.62 Å². The summed E-state index contributed by atoms with van der Waals surface area (Å²) in [5.41, 5.74) is -0.212. The number of nitrogens with zero attached hydrogens (tertiary/aromatic N) is 6. The molecule has 11 nitrogen and oxygen atoms in total. The number of fused-ring (bicyclic) bond motifs is 1. The zero-order valence-corrected chi connectivity index (χ0v) is 26.5. The van der Waals surface area contributed by atoms with Gasteiger partial charge in [-0.25, -0.2) is 13.2 Å². The van der Waals surface area contributed by atoms with E-state index in [4.69, 9.17) is 23.2 Å². The topological polar surface area (TPSA) is 144 Å². The molecule has 0 amide bonds. The van der Waals surface area contributed by atoms with Crippen molar-refractivity contribution in [2.75, 3.05) is 36.8 Å². The number of carboxylic acids is 1. The van der Waals surface area contributed by atoms with Gasteiger partial charge in [-0.3, -0.25) is 8.87 Å². The van der Waals surface area contributed by atoms with Crippen LogP contribution in [-0.2, 0) is 14.8 Å². The summed E-state index contributed by atoms with van der Waals surface area (Å²) in [7, 11) is -0.575. The first kappa shape index (κ1) is 32.0. The number of halogens is 2. The first-order valence-electron chi connectivity index (χ1n) is 13.1. The van der Waals surface area contributed by atoms with E-state index in [2.05, 4.69) is 21.6 Å². The van der Waals surface area contributed by atoms with E-state index in [1.807, 2.05) is 19.0 Å². The number of carboxylic acid groups (broad SMARTS) is 1. The average molecular weight is 645 g/mol. The number of nitriles is 1. The maximum Gasteiger partial charge on any atom is 0.328 e. The summed E-state index contributed by atoms with van der Waals surface area (Å²) in [6, 6.07) is 12.5. The van der Waals surface area contributed by atoms with Gasteiger partial charge in [-0.05, 0) is 68.0 Å². The number of aliphatic carboxylic acids is 1. The van der Waals surface area contributed by atoms with Crippen molar-refractivity contribution in [1.82, 2.24) is 19.7 Å². The van der Waals surface area contributed by atoms with Crippen LogP contribution in [0.4, 0.5) is 11.5 Å². The van der Waals surface area contributed by atoms with Crippen LogP contribution in [0.5, 0.6) is 0 Å². The number of likely N-dealkylation sites (N-methyl/N-ethyl adjacent to an activating group) is 1. The number of sulfonamides is 1. The van der Waals surface area contributed by atoms with Crippen molar-refractivity contribution in [3.63, 3.8) is 0 Å². The van der Waals surface area contributed by atoms with Gasteiger partial charge in [0, 0.05) is 34.7 Å². The van der Waals surface area contributed by atoms with Crippen LogP contribution in [0.2, 0.25) is 10.0 Å². The molecule has 2 aromatic carbocycles. The van der Waals surface area contributed by atoms with Crippen molar-refractivity contribution >= 4 is 61.6 Å². The molecule has 2 heterocycles. The summed E-state index contributed by atoms with van der Waals surface area (Å²) in [5.74, 6) is -0.320. The Morgan fingerprint density at radius 1 is 1.09 bits per heavy atom. The minimum atomic E-state index is -4.52. The van der Waals surface area contributed by atoms with E-state index < -0.39 is 27.4 Å². The molecule has 0 bridgehead atoms. The van der Waals surface area contributed by atoms with Gasteiger partial charge in [-0.15, -0.1) is 10.2 Å². The Hall–Kier alpha value is -3.89. The molecule has 226 valence electrons. The normalized spacial score (nSPS) is 12.7. The highest BCUT2D eigenvalue weighted by Crippen LogP contribution is 2.38. The molecule has 4 rings (SSSR count). The lowest BCUT2D eigenvalue weighted by molar-refractivity contribution is -0.140. The molecule has 43 heavy (non-hydrogen) atoms. The summed E-state index contributed by atoms with van der Waals surface area (Å²) in [6.45, 7) is 6.39. The maximum absolute atomic E-state index is 14.1. The second-order valence-corrected chi connectivity index (χ2v) is 13.9. The van der Waals surface area contributed by atoms with E-state index in [1.54, 1.807) is 49.7 Å². The minimum absolute atomic E-state index is 0.0479. The molecule has 2 N–H and O–H groups in total. The molecule has 0 aliphatic heterocycles. The van der Waals surface area contributed by atoms with Crippen molar-refractivity contribution in [2.24, 2.45) is 5.41 Å². The fraction of sp³-hybridized carbons (Fsp3) is 0.310. The van der Waals surface area contributed by atoms with Gasteiger partial charge < -0.3 is 15.3 Å². The van der Waals surface area contributed by atoms with Crippen molar-refractivity contribution < 1.29 is 18.3 Å². The maximum atomic E-state index is 14.1. The third-order valence-electron chi connectivity index (χ3n) is 6.61. The van der Waals surface area contributed by atoms with Crippen LogP contribution >= 0.6 is 23.2 Å². The number of aromatic nitrogens is 3. The van der Waals surface area contributed by atoms with Gasteiger partial charge in [-0.1, -0.05) is 44.0 Å². The highest BCUT2D eigenvalue weighted by atomic mass is 35.5. The van der Waals surface area contributed by atoms with E-state index >= 15 is 0 Å². The molecule has 0 aliphatic rings. The fourth-order valence-corrected chi connectivity index (χ4v) is 7.14. The molecule has 2 aromatic heterocycles.